The Balaban J connectivity index is 1.97. The molecule has 1 fully saturated rings. The molecule has 21 heavy (non-hydrogen) atoms. The van der Waals surface area contributed by atoms with Crippen LogP contribution in [0.2, 0.25) is 0 Å². The smallest absolute Gasteiger partial charge is 0.337 e. The van der Waals surface area contributed by atoms with Gasteiger partial charge in [-0.05, 0) is 55.5 Å². The molecule has 0 amide bonds. The van der Waals surface area contributed by atoms with Crippen LogP contribution in [0.3, 0.4) is 0 Å². The van der Waals surface area contributed by atoms with E-state index in [1.54, 1.807) is 0 Å². The second kappa shape index (κ2) is 5.03. The third-order valence-corrected chi connectivity index (χ3v) is 4.51. The standard InChI is InChI=1S/C19H20O2/c1-13-4-9-17(14(2)12-13)19(10-11-19)16-7-5-15(6-8-16)18(20)21-3/h4-9,12H,10-11H2,1-3H3. The Bertz CT molecular complexity index is 679. The van der Waals surface area contributed by atoms with Crippen LogP contribution in [0.1, 0.15) is 45.5 Å². The molecule has 0 spiro atoms. The Morgan fingerprint density at radius 3 is 2.24 bits per heavy atom. The first-order chi connectivity index (χ1) is 10.1. The highest BCUT2D eigenvalue weighted by atomic mass is 16.5. The van der Waals surface area contributed by atoms with Crippen molar-refractivity contribution in [3.8, 4) is 0 Å². The molecule has 2 aromatic rings. The Morgan fingerprint density at radius 2 is 1.71 bits per heavy atom. The lowest BCUT2D eigenvalue weighted by atomic mass is 9.84. The molecule has 108 valence electrons. The van der Waals surface area contributed by atoms with Gasteiger partial charge >= 0.3 is 5.97 Å². The van der Waals surface area contributed by atoms with E-state index in [-0.39, 0.29) is 11.4 Å². The molecular weight excluding hydrogens is 260 g/mol. The quantitative estimate of drug-likeness (QED) is 0.789. The third-order valence-electron chi connectivity index (χ3n) is 4.51. The molecule has 1 saturated carbocycles. The van der Waals surface area contributed by atoms with Crippen LogP contribution in [0.5, 0.6) is 0 Å². The number of benzene rings is 2. The fourth-order valence-corrected chi connectivity index (χ4v) is 3.23. The molecule has 0 atom stereocenters. The van der Waals surface area contributed by atoms with Gasteiger partial charge < -0.3 is 4.74 Å². The molecule has 0 heterocycles. The van der Waals surface area contributed by atoms with Crippen LogP contribution >= 0.6 is 0 Å². The maximum absolute atomic E-state index is 11.5. The molecule has 1 aliphatic carbocycles. The second-order valence-electron chi connectivity index (χ2n) is 5.97. The topological polar surface area (TPSA) is 26.3 Å². The average molecular weight is 280 g/mol. The van der Waals surface area contributed by atoms with Crippen molar-refractivity contribution < 1.29 is 9.53 Å². The van der Waals surface area contributed by atoms with Crippen molar-refractivity contribution in [3.63, 3.8) is 0 Å². The maximum atomic E-state index is 11.5. The number of hydrogen-bond donors (Lipinski definition) is 0. The summed E-state index contributed by atoms with van der Waals surface area (Å²) < 4.78 is 4.76. The number of carbonyl (C=O) groups is 1. The Kier molecular flexibility index (Phi) is 3.32. The van der Waals surface area contributed by atoms with Gasteiger partial charge in [0.15, 0.2) is 0 Å². The maximum Gasteiger partial charge on any atom is 0.337 e. The lowest BCUT2D eigenvalue weighted by Crippen LogP contribution is -2.11. The molecule has 2 aromatic carbocycles. The first-order valence-electron chi connectivity index (χ1n) is 7.33. The van der Waals surface area contributed by atoms with Crippen molar-refractivity contribution in [2.45, 2.75) is 32.1 Å². The molecule has 0 aromatic heterocycles. The van der Waals surface area contributed by atoms with E-state index in [9.17, 15) is 4.79 Å². The highest BCUT2D eigenvalue weighted by Crippen LogP contribution is 2.54. The van der Waals surface area contributed by atoms with Gasteiger partial charge in [0.05, 0.1) is 12.7 Å². The van der Waals surface area contributed by atoms with Gasteiger partial charge in [-0.3, -0.25) is 0 Å². The Morgan fingerprint density at radius 1 is 1.05 bits per heavy atom. The molecule has 3 rings (SSSR count). The van der Waals surface area contributed by atoms with Gasteiger partial charge in [-0.1, -0.05) is 35.9 Å². The van der Waals surface area contributed by atoms with Crippen LogP contribution in [0, 0.1) is 13.8 Å². The number of esters is 1. The van der Waals surface area contributed by atoms with Crippen molar-refractivity contribution in [1.82, 2.24) is 0 Å². The summed E-state index contributed by atoms with van der Waals surface area (Å²) in [6.07, 6.45) is 2.35. The molecule has 0 bridgehead atoms. The molecule has 2 nitrogen and oxygen atoms in total. The van der Waals surface area contributed by atoms with E-state index in [0.29, 0.717) is 5.56 Å². The monoisotopic (exact) mass is 280 g/mol. The van der Waals surface area contributed by atoms with Gasteiger partial charge in [0.2, 0.25) is 0 Å². The van der Waals surface area contributed by atoms with Crippen LogP contribution in [0.25, 0.3) is 0 Å². The van der Waals surface area contributed by atoms with E-state index in [1.807, 2.05) is 12.1 Å². The van der Waals surface area contributed by atoms with Crippen LogP contribution < -0.4 is 0 Å². The highest BCUT2D eigenvalue weighted by Gasteiger charge is 2.46. The van der Waals surface area contributed by atoms with Gasteiger partial charge in [-0.25, -0.2) is 4.79 Å². The minimum atomic E-state index is -0.280. The number of aryl methyl sites for hydroxylation is 2. The van der Waals surface area contributed by atoms with Crippen LogP contribution in [-0.2, 0) is 10.2 Å². The number of hydrogen-bond acceptors (Lipinski definition) is 2. The second-order valence-corrected chi connectivity index (χ2v) is 5.97. The zero-order chi connectivity index (χ0) is 15.0. The first-order valence-corrected chi connectivity index (χ1v) is 7.33. The Labute approximate surface area is 125 Å². The summed E-state index contributed by atoms with van der Waals surface area (Å²) in [5.74, 6) is -0.280. The highest BCUT2D eigenvalue weighted by molar-refractivity contribution is 5.89. The summed E-state index contributed by atoms with van der Waals surface area (Å²) in [5.41, 5.74) is 6.11. The van der Waals surface area contributed by atoms with Crippen molar-refractivity contribution in [3.05, 3.63) is 70.3 Å². The zero-order valence-electron chi connectivity index (χ0n) is 12.8. The van der Waals surface area contributed by atoms with Crippen LogP contribution in [0.4, 0.5) is 0 Å². The summed E-state index contributed by atoms with van der Waals surface area (Å²) in [5, 5.41) is 0. The fourth-order valence-electron chi connectivity index (χ4n) is 3.23. The van der Waals surface area contributed by atoms with Gasteiger partial charge in [0.1, 0.15) is 0 Å². The van der Waals surface area contributed by atoms with Gasteiger partial charge in [-0.15, -0.1) is 0 Å². The molecule has 1 aliphatic rings. The zero-order valence-corrected chi connectivity index (χ0v) is 12.8. The number of ether oxygens (including phenoxy) is 1. The number of rotatable bonds is 3. The van der Waals surface area contributed by atoms with Gasteiger partial charge in [-0.2, -0.15) is 0 Å². The Hall–Kier alpha value is -2.09. The van der Waals surface area contributed by atoms with Crippen molar-refractivity contribution in [2.75, 3.05) is 7.11 Å². The lowest BCUT2D eigenvalue weighted by Gasteiger charge is -2.19. The van der Waals surface area contributed by atoms with E-state index in [2.05, 4.69) is 44.2 Å². The average Bonchev–Trinajstić information content (AvgIpc) is 3.28. The van der Waals surface area contributed by atoms with Gasteiger partial charge in [0.25, 0.3) is 0 Å². The molecule has 0 N–H and O–H groups in total. The molecule has 0 aliphatic heterocycles. The van der Waals surface area contributed by atoms with Gasteiger partial charge in [0, 0.05) is 5.41 Å². The normalized spacial score (nSPS) is 15.6. The molecule has 2 heteroatoms. The predicted octanol–water partition coefficient (Wildman–Crippen LogP) is 4.17. The van der Waals surface area contributed by atoms with E-state index in [1.165, 1.54) is 42.2 Å². The van der Waals surface area contributed by atoms with Crippen molar-refractivity contribution in [1.29, 1.82) is 0 Å². The largest absolute Gasteiger partial charge is 0.465 e. The summed E-state index contributed by atoms with van der Waals surface area (Å²) in [4.78, 5) is 11.5. The summed E-state index contributed by atoms with van der Waals surface area (Å²) in [6, 6.07) is 14.6. The minimum absolute atomic E-state index is 0.145. The summed E-state index contributed by atoms with van der Waals surface area (Å²) >= 11 is 0. The lowest BCUT2D eigenvalue weighted by molar-refractivity contribution is 0.0600. The van der Waals surface area contributed by atoms with Crippen molar-refractivity contribution in [2.24, 2.45) is 0 Å². The molecule has 0 unspecified atom stereocenters. The van der Waals surface area contributed by atoms with E-state index >= 15 is 0 Å². The number of methoxy groups -OCH3 is 1. The van der Waals surface area contributed by atoms with E-state index in [0.717, 1.165) is 0 Å². The first kappa shape index (κ1) is 13.9. The number of carbonyl (C=O) groups excluding carboxylic acids is 1. The summed E-state index contributed by atoms with van der Waals surface area (Å²) in [7, 11) is 1.41. The van der Waals surface area contributed by atoms with E-state index in [4.69, 9.17) is 4.74 Å². The van der Waals surface area contributed by atoms with Crippen LogP contribution in [-0.4, -0.2) is 13.1 Å². The third kappa shape index (κ3) is 2.35. The predicted molar refractivity (Wildman–Crippen MR) is 83.7 cm³/mol. The molecule has 0 radical (unpaired) electrons. The fraction of sp³-hybridized carbons (Fsp3) is 0.316. The molecule has 0 saturated heterocycles. The van der Waals surface area contributed by atoms with Crippen molar-refractivity contribution >= 4 is 5.97 Å². The summed E-state index contributed by atoms with van der Waals surface area (Å²) in [6.45, 7) is 4.31. The minimum Gasteiger partial charge on any atom is -0.465 e. The molecular formula is C19H20O2. The van der Waals surface area contributed by atoms with E-state index < -0.39 is 0 Å². The van der Waals surface area contributed by atoms with Crippen LogP contribution in [0.15, 0.2) is 42.5 Å². The SMILES string of the molecule is COC(=O)c1ccc(C2(c3ccc(C)cc3C)CC2)cc1.